The molecule has 0 saturated carbocycles. The summed E-state index contributed by atoms with van der Waals surface area (Å²) in [5.41, 5.74) is 0. The maximum absolute atomic E-state index is 5.47. The Hall–Kier alpha value is 1.11. The molecule has 0 aromatic rings. The van der Waals surface area contributed by atoms with Crippen LogP contribution in [0.25, 0.3) is 0 Å². The largest absolute Gasteiger partial charge is 0.500 e. The van der Waals surface area contributed by atoms with E-state index in [1.165, 1.54) is 0 Å². The van der Waals surface area contributed by atoms with E-state index in [4.69, 9.17) is 26.6 Å². The topological polar surface area (TPSA) is 55.4 Å². The third kappa shape index (κ3) is 8.35. The minimum absolute atomic E-state index is 0.824. The molecule has 140 valence electrons. The van der Waals surface area contributed by atoms with Gasteiger partial charge in [-0.3, -0.25) is 0 Å². The van der Waals surface area contributed by atoms with Gasteiger partial charge in [-0.05, 0) is 11.5 Å². The van der Waals surface area contributed by atoms with Crippen LogP contribution in [-0.4, -0.2) is 78.1 Å². The normalized spacial score (nSPS) is 13.6. The Kier molecular flexibility index (Phi) is 12.2. The Morgan fingerprint density at radius 3 is 1.04 bits per heavy atom. The molecule has 0 unspecified atom stereocenters. The zero-order chi connectivity index (χ0) is 18.0. The van der Waals surface area contributed by atoms with Gasteiger partial charge in [0.1, 0.15) is 0 Å². The quantitative estimate of drug-likeness (QED) is 0.398. The zero-order valence-electron chi connectivity index (χ0n) is 15.6. The van der Waals surface area contributed by atoms with Crippen molar-refractivity contribution in [3.63, 3.8) is 0 Å². The Labute approximate surface area is 152 Å². The van der Waals surface area contributed by atoms with E-state index >= 15 is 0 Å². The van der Waals surface area contributed by atoms with Crippen LogP contribution in [0.3, 0.4) is 0 Å². The molecule has 0 aliphatic carbocycles. The van der Waals surface area contributed by atoms with E-state index in [1.54, 1.807) is 42.7 Å². The van der Waals surface area contributed by atoms with Crippen LogP contribution in [-0.2, 0) is 26.6 Å². The molecule has 0 atom stereocenters. The molecule has 0 rings (SSSR count). The van der Waals surface area contributed by atoms with E-state index < -0.39 is 24.0 Å². The third-order valence-electron chi connectivity index (χ3n) is 3.58. The molecule has 0 aromatic heterocycles. The summed E-state index contributed by atoms with van der Waals surface area (Å²) < 4.78 is 32.8. The van der Waals surface area contributed by atoms with E-state index in [2.05, 4.69) is 13.1 Å². The van der Waals surface area contributed by atoms with Gasteiger partial charge in [-0.25, -0.2) is 0 Å². The highest BCUT2D eigenvalue weighted by Crippen LogP contribution is 2.35. The Morgan fingerprint density at radius 1 is 0.565 bits per heavy atom. The maximum atomic E-state index is 5.47. The molecular formula is C12H32O6S2Si3. The average molecular weight is 421 g/mol. The summed E-state index contributed by atoms with van der Waals surface area (Å²) in [4.78, 5) is 0. The van der Waals surface area contributed by atoms with E-state index in [0.29, 0.717) is 0 Å². The van der Waals surface area contributed by atoms with Crippen molar-refractivity contribution in [2.75, 3.05) is 54.2 Å². The molecular weight excluding hydrogens is 389 g/mol. The van der Waals surface area contributed by atoms with Gasteiger partial charge in [-0.2, -0.15) is 22.4 Å². The first kappa shape index (κ1) is 24.1. The predicted octanol–water partition coefficient (Wildman–Crippen LogP) is 2.91. The Morgan fingerprint density at radius 2 is 0.826 bits per heavy atom. The van der Waals surface area contributed by atoms with E-state index in [1.807, 2.05) is 22.4 Å². The second-order valence-corrected chi connectivity index (χ2v) is 24.2. The van der Waals surface area contributed by atoms with Gasteiger partial charge in [0.05, 0.1) is 0 Å². The maximum Gasteiger partial charge on any atom is 0.500 e. The molecule has 0 radical (unpaired) electrons. The molecule has 6 nitrogen and oxygen atoms in total. The molecule has 0 heterocycles. The van der Waals surface area contributed by atoms with Gasteiger partial charge in [0.15, 0.2) is 6.37 Å². The minimum atomic E-state index is -2.46. The Balaban J connectivity index is 4.29. The van der Waals surface area contributed by atoms with Crippen molar-refractivity contribution in [1.82, 2.24) is 0 Å². The molecule has 0 bridgehead atoms. The second-order valence-electron chi connectivity index (χ2n) is 5.19. The van der Waals surface area contributed by atoms with Crippen molar-refractivity contribution in [3.8, 4) is 0 Å². The van der Waals surface area contributed by atoms with Crippen LogP contribution in [0, 0.1) is 0 Å². The molecule has 23 heavy (non-hydrogen) atoms. The second kappa shape index (κ2) is 11.7. The fourth-order valence-electron chi connectivity index (χ4n) is 2.00. The van der Waals surface area contributed by atoms with Crippen molar-refractivity contribution >= 4 is 46.4 Å². The lowest BCUT2D eigenvalue weighted by atomic mass is 11.0. The SMILES string of the molecule is CO[Si](CCS[Si](C)(C)SCC[Si](OC)(OC)OC)(OC)OC. The lowest BCUT2D eigenvalue weighted by molar-refractivity contribution is 0.125. The first-order valence-electron chi connectivity index (χ1n) is 7.37. The summed E-state index contributed by atoms with van der Waals surface area (Å²) in [6.45, 7) is 4.71. The lowest BCUT2D eigenvalue weighted by Crippen LogP contribution is -2.44. The fourth-order valence-corrected chi connectivity index (χ4v) is 15.4. The fraction of sp³-hybridized carbons (Fsp3) is 1.00. The van der Waals surface area contributed by atoms with E-state index in [9.17, 15) is 0 Å². The van der Waals surface area contributed by atoms with Crippen molar-refractivity contribution < 1.29 is 26.6 Å². The van der Waals surface area contributed by atoms with Crippen LogP contribution in [0.1, 0.15) is 0 Å². The van der Waals surface area contributed by atoms with E-state index in [-0.39, 0.29) is 0 Å². The van der Waals surface area contributed by atoms with Crippen LogP contribution < -0.4 is 0 Å². The monoisotopic (exact) mass is 420 g/mol. The molecule has 11 heteroatoms. The van der Waals surface area contributed by atoms with Crippen LogP contribution in [0.2, 0.25) is 25.2 Å². The number of rotatable bonds is 14. The summed E-state index contributed by atoms with van der Waals surface area (Å²) in [5.74, 6) is 1.96. The average Bonchev–Trinajstić information content (AvgIpc) is 2.56. The molecule has 0 aliphatic heterocycles. The predicted molar refractivity (Wildman–Crippen MR) is 106 cm³/mol. The van der Waals surface area contributed by atoms with Crippen LogP contribution >= 0.6 is 22.4 Å². The highest BCUT2D eigenvalue weighted by Gasteiger charge is 2.40. The van der Waals surface area contributed by atoms with Crippen molar-refractivity contribution in [2.24, 2.45) is 0 Å². The number of hydrogen-bond donors (Lipinski definition) is 0. The molecule has 0 fully saturated rings. The summed E-state index contributed by atoms with van der Waals surface area (Å²) in [6, 6.07) is 1.65. The summed E-state index contributed by atoms with van der Waals surface area (Å²) in [5, 5.41) is 0. The summed E-state index contributed by atoms with van der Waals surface area (Å²) >= 11 is 4.03. The standard InChI is InChI=1S/C12H32O6S2Si3/c1-13-22(14-2,15-3)11-9-19-21(7,8)20-10-12-23(16-4,17-5)18-6/h9-12H2,1-8H3. The molecule has 0 aliphatic rings. The van der Waals surface area contributed by atoms with Gasteiger partial charge >= 0.3 is 17.6 Å². The van der Waals surface area contributed by atoms with Gasteiger partial charge in [0, 0.05) is 54.7 Å². The summed E-state index contributed by atoms with van der Waals surface area (Å²) in [6.07, 6.45) is -1.43. The zero-order valence-corrected chi connectivity index (χ0v) is 20.2. The molecule has 0 N–H and O–H groups in total. The van der Waals surface area contributed by atoms with Crippen LogP contribution in [0.5, 0.6) is 0 Å². The van der Waals surface area contributed by atoms with Gasteiger partial charge in [0.2, 0.25) is 0 Å². The highest BCUT2D eigenvalue weighted by molar-refractivity contribution is 8.58. The van der Waals surface area contributed by atoms with Gasteiger partial charge < -0.3 is 26.6 Å². The summed E-state index contributed by atoms with van der Waals surface area (Å²) in [7, 11) is 5.04. The van der Waals surface area contributed by atoms with Crippen molar-refractivity contribution in [3.05, 3.63) is 0 Å². The van der Waals surface area contributed by atoms with Crippen molar-refractivity contribution in [1.29, 1.82) is 0 Å². The van der Waals surface area contributed by atoms with Gasteiger partial charge in [0.25, 0.3) is 0 Å². The first-order valence-corrected chi connectivity index (χ1v) is 17.7. The lowest BCUT2D eigenvalue weighted by Gasteiger charge is -2.28. The Bertz CT molecular complexity index is 273. The third-order valence-corrected chi connectivity index (χ3v) is 19.5. The molecule has 0 saturated heterocycles. The van der Waals surface area contributed by atoms with Crippen LogP contribution in [0.4, 0.5) is 0 Å². The molecule has 0 aromatic carbocycles. The smallest absolute Gasteiger partial charge is 0.377 e. The molecule has 0 amide bonds. The number of hydrogen-bond acceptors (Lipinski definition) is 8. The molecule has 0 spiro atoms. The van der Waals surface area contributed by atoms with Gasteiger partial charge in [-0.15, -0.1) is 0 Å². The van der Waals surface area contributed by atoms with Gasteiger partial charge in [-0.1, -0.05) is 13.1 Å². The minimum Gasteiger partial charge on any atom is -0.377 e. The van der Waals surface area contributed by atoms with E-state index in [0.717, 1.165) is 23.6 Å². The van der Waals surface area contributed by atoms with Crippen LogP contribution in [0.15, 0.2) is 0 Å². The first-order chi connectivity index (χ1) is 10.8. The van der Waals surface area contributed by atoms with Crippen molar-refractivity contribution in [2.45, 2.75) is 25.2 Å². The highest BCUT2D eigenvalue weighted by atomic mass is 32.6.